The van der Waals surface area contributed by atoms with E-state index in [1.807, 2.05) is 4.90 Å². The van der Waals surface area contributed by atoms with Gasteiger partial charge in [0.2, 0.25) is 5.95 Å². The molecule has 4 rings (SSSR count). The number of fused-ring (bicyclic) bond motifs is 1. The van der Waals surface area contributed by atoms with Crippen molar-refractivity contribution in [1.29, 1.82) is 0 Å². The molecule has 2 aromatic heterocycles. The molecular weight excluding hydrogens is 435 g/mol. The molecule has 1 fully saturated rings. The second kappa shape index (κ2) is 8.74. The van der Waals surface area contributed by atoms with E-state index in [-0.39, 0.29) is 24.6 Å². The van der Waals surface area contributed by atoms with Crippen LogP contribution in [0, 0.1) is 11.9 Å². The second-order valence-corrected chi connectivity index (χ2v) is 10.1. The number of carbonyl (C=O) groups excluding carboxylic acids is 2. The normalized spacial score (nSPS) is 17.5. The highest BCUT2D eigenvalue weighted by molar-refractivity contribution is 7.17. The zero-order chi connectivity index (χ0) is 23.0. The summed E-state index contributed by atoms with van der Waals surface area (Å²) in [6.07, 6.45) is 1.39. The average molecular weight is 463 g/mol. The number of hydrogen-bond acceptors (Lipinski definition) is 8. The van der Waals surface area contributed by atoms with Gasteiger partial charge in [0, 0.05) is 32.7 Å². The number of hydrogen-bond donors (Lipinski definition) is 1. The molecule has 0 saturated carbocycles. The van der Waals surface area contributed by atoms with E-state index in [4.69, 9.17) is 4.74 Å². The molecule has 1 saturated heterocycles. The van der Waals surface area contributed by atoms with Crippen LogP contribution in [0.4, 0.5) is 15.0 Å². The van der Waals surface area contributed by atoms with Crippen molar-refractivity contribution in [1.82, 2.24) is 14.9 Å². The quantitative estimate of drug-likeness (QED) is 0.698. The van der Waals surface area contributed by atoms with Gasteiger partial charge in [-0.1, -0.05) is 0 Å². The fourth-order valence-electron chi connectivity index (χ4n) is 3.84. The maximum atomic E-state index is 14.9. The van der Waals surface area contributed by atoms with Gasteiger partial charge in [0.1, 0.15) is 21.3 Å². The number of aliphatic hydroxyl groups is 1. The molecule has 0 aliphatic carbocycles. The largest absolute Gasteiger partial charge is 0.443 e. The first kappa shape index (κ1) is 22.6. The predicted molar refractivity (Wildman–Crippen MR) is 118 cm³/mol. The van der Waals surface area contributed by atoms with Gasteiger partial charge in [-0.3, -0.25) is 4.79 Å². The van der Waals surface area contributed by atoms with E-state index in [0.717, 1.165) is 42.2 Å². The highest BCUT2D eigenvalue weighted by atomic mass is 32.1. The molecule has 0 bridgehead atoms. The number of pyridine rings is 1. The van der Waals surface area contributed by atoms with Crippen LogP contribution < -0.4 is 4.90 Å². The van der Waals surface area contributed by atoms with Crippen LogP contribution in [0.2, 0.25) is 0 Å². The maximum Gasteiger partial charge on any atom is 0.417 e. The molecule has 32 heavy (non-hydrogen) atoms. The third-order valence-corrected chi connectivity index (χ3v) is 6.70. The van der Waals surface area contributed by atoms with Gasteiger partial charge in [0.05, 0.1) is 11.3 Å². The van der Waals surface area contributed by atoms with Crippen molar-refractivity contribution in [3.63, 3.8) is 0 Å². The van der Waals surface area contributed by atoms with Crippen LogP contribution in [0.15, 0.2) is 12.1 Å². The minimum Gasteiger partial charge on any atom is -0.443 e. The van der Waals surface area contributed by atoms with Gasteiger partial charge in [-0.2, -0.15) is 4.39 Å². The van der Waals surface area contributed by atoms with Crippen LogP contribution in [0.3, 0.4) is 0 Å². The molecule has 2 aliphatic heterocycles. The van der Waals surface area contributed by atoms with E-state index in [2.05, 4.69) is 9.97 Å². The number of thiazole rings is 1. The molecule has 0 radical (unpaired) electrons. The average Bonchev–Trinajstić information content (AvgIpc) is 3.17. The first-order valence-corrected chi connectivity index (χ1v) is 11.5. The number of anilines is 1. The van der Waals surface area contributed by atoms with E-state index in [0.29, 0.717) is 27.8 Å². The Labute approximate surface area is 190 Å². The highest BCUT2D eigenvalue weighted by Gasteiger charge is 2.35. The van der Waals surface area contributed by atoms with E-state index >= 15 is 0 Å². The summed E-state index contributed by atoms with van der Waals surface area (Å²) in [5, 5.41) is 9.65. The summed E-state index contributed by atoms with van der Waals surface area (Å²) in [5.41, 5.74) is 0.0832. The smallest absolute Gasteiger partial charge is 0.417 e. The molecule has 0 atom stereocenters. The minimum atomic E-state index is -0.708. The van der Waals surface area contributed by atoms with Gasteiger partial charge in [0.15, 0.2) is 0 Å². The molecule has 1 N–H and O–H groups in total. The van der Waals surface area contributed by atoms with Crippen LogP contribution in [-0.2, 0) is 11.2 Å². The fourth-order valence-corrected chi connectivity index (χ4v) is 4.92. The van der Waals surface area contributed by atoms with Crippen molar-refractivity contribution in [2.45, 2.75) is 45.6 Å². The Morgan fingerprint density at radius 1 is 1.25 bits per heavy atom. The van der Waals surface area contributed by atoms with Crippen LogP contribution in [-0.4, -0.2) is 63.8 Å². The maximum absolute atomic E-state index is 14.9. The zero-order valence-electron chi connectivity index (χ0n) is 18.4. The number of imide groups is 1. The standard InChI is InChI=1S/C22H27FN4O4S/c1-22(2,3)31-21(30)27-11-8-15-17(20(27)29)32-19(24-15)14-4-5-16(25-18(14)23)26-9-6-13(12-28)7-10-26/h4-5,13,28H,6-12H2,1-3H3. The number of ether oxygens (including phenoxy) is 1. The molecule has 10 heteroatoms. The number of carbonyl (C=O) groups is 2. The van der Waals surface area contributed by atoms with Crippen molar-refractivity contribution in [3.05, 3.63) is 28.7 Å². The summed E-state index contributed by atoms with van der Waals surface area (Å²) in [4.78, 5) is 37.2. The number of amides is 2. The summed E-state index contributed by atoms with van der Waals surface area (Å²) in [6, 6.07) is 3.39. The van der Waals surface area contributed by atoms with Gasteiger partial charge < -0.3 is 14.7 Å². The fraction of sp³-hybridized carbons (Fsp3) is 0.545. The first-order chi connectivity index (χ1) is 15.2. The van der Waals surface area contributed by atoms with Crippen molar-refractivity contribution >= 4 is 29.2 Å². The third-order valence-electron chi connectivity index (χ3n) is 5.58. The number of rotatable bonds is 3. The Kier molecular flexibility index (Phi) is 6.17. The van der Waals surface area contributed by atoms with Crippen LogP contribution in [0.1, 0.15) is 49.0 Å². The summed E-state index contributed by atoms with van der Waals surface area (Å²) in [6.45, 7) is 7.01. The first-order valence-electron chi connectivity index (χ1n) is 10.7. The Morgan fingerprint density at radius 3 is 2.59 bits per heavy atom. The Balaban J connectivity index is 1.52. The van der Waals surface area contributed by atoms with Gasteiger partial charge in [0.25, 0.3) is 5.91 Å². The van der Waals surface area contributed by atoms with E-state index in [9.17, 15) is 19.1 Å². The molecule has 2 amide bonds. The lowest BCUT2D eigenvalue weighted by molar-refractivity contribution is 0.0235. The van der Waals surface area contributed by atoms with Gasteiger partial charge in [-0.15, -0.1) is 11.3 Å². The summed E-state index contributed by atoms with van der Waals surface area (Å²) >= 11 is 1.06. The van der Waals surface area contributed by atoms with Crippen molar-refractivity contribution in [2.24, 2.45) is 5.92 Å². The van der Waals surface area contributed by atoms with Crippen molar-refractivity contribution in [2.75, 3.05) is 31.1 Å². The summed E-state index contributed by atoms with van der Waals surface area (Å²) in [7, 11) is 0. The van der Waals surface area contributed by atoms with E-state index < -0.39 is 23.5 Å². The second-order valence-electron chi connectivity index (χ2n) is 9.10. The van der Waals surface area contributed by atoms with Crippen molar-refractivity contribution < 1.29 is 23.8 Å². The summed E-state index contributed by atoms with van der Waals surface area (Å²) in [5.74, 6) is -0.277. The Hall–Kier alpha value is -2.59. The van der Waals surface area contributed by atoms with Crippen LogP contribution in [0.5, 0.6) is 0 Å². The topological polar surface area (TPSA) is 95.9 Å². The lowest BCUT2D eigenvalue weighted by Gasteiger charge is -2.32. The van der Waals surface area contributed by atoms with Crippen LogP contribution in [0.25, 0.3) is 10.6 Å². The molecule has 172 valence electrons. The molecule has 0 spiro atoms. The lowest BCUT2D eigenvalue weighted by atomic mass is 9.98. The molecular formula is C22H27FN4O4S. The van der Waals surface area contributed by atoms with Gasteiger partial charge in [-0.25, -0.2) is 19.7 Å². The lowest BCUT2D eigenvalue weighted by Crippen LogP contribution is -2.44. The Bertz CT molecular complexity index is 1030. The van der Waals surface area contributed by atoms with E-state index in [1.165, 1.54) is 0 Å². The number of aliphatic hydroxyl groups excluding tert-OH is 1. The molecule has 8 nitrogen and oxygen atoms in total. The zero-order valence-corrected chi connectivity index (χ0v) is 19.2. The minimum absolute atomic E-state index is 0.174. The molecule has 4 heterocycles. The van der Waals surface area contributed by atoms with E-state index in [1.54, 1.807) is 32.9 Å². The number of halogens is 1. The molecule has 2 aliphatic rings. The monoisotopic (exact) mass is 462 g/mol. The van der Waals surface area contributed by atoms with Gasteiger partial charge >= 0.3 is 6.09 Å². The molecule has 0 unspecified atom stereocenters. The SMILES string of the molecule is CC(C)(C)OC(=O)N1CCc2nc(-c3ccc(N4CCC(CO)CC4)nc3F)sc2C1=O. The number of nitrogens with zero attached hydrogens (tertiary/aromatic N) is 4. The summed E-state index contributed by atoms with van der Waals surface area (Å²) < 4.78 is 20.2. The number of piperidine rings is 1. The molecule has 2 aromatic rings. The van der Waals surface area contributed by atoms with Crippen LogP contribution >= 0.6 is 11.3 Å². The Morgan fingerprint density at radius 2 is 1.97 bits per heavy atom. The van der Waals surface area contributed by atoms with Crippen molar-refractivity contribution in [3.8, 4) is 10.6 Å². The third kappa shape index (κ3) is 4.61. The van der Waals surface area contributed by atoms with Gasteiger partial charge in [-0.05, 0) is 51.7 Å². The highest BCUT2D eigenvalue weighted by Crippen LogP contribution is 2.34. The number of aromatic nitrogens is 2. The predicted octanol–water partition coefficient (Wildman–Crippen LogP) is 3.49. The molecule has 0 aromatic carbocycles.